The standard InChI is InChI=1S/C19H23F4N3S/c1-26-9-7-15(14(20)11-26)25-16-5-2-4-12-13(10-19(21,22)23)17(6-3-8-24)27-18(12)16/h2-6,14-15,25H,7-11,24H2,1H3/b6-3+/t14-,15+/m0/s1. The van der Waals surface area contributed by atoms with Crippen LogP contribution in [0.2, 0.25) is 0 Å². The van der Waals surface area contributed by atoms with E-state index < -0.39 is 18.8 Å². The summed E-state index contributed by atoms with van der Waals surface area (Å²) < 4.78 is 54.4. The van der Waals surface area contributed by atoms with Gasteiger partial charge in [0.25, 0.3) is 0 Å². The molecule has 0 unspecified atom stereocenters. The minimum Gasteiger partial charge on any atom is -0.378 e. The van der Waals surface area contributed by atoms with E-state index >= 15 is 0 Å². The molecule has 0 spiro atoms. The summed E-state index contributed by atoms with van der Waals surface area (Å²) in [5, 5.41) is 3.79. The van der Waals surface area contributed by atoms with E-state index in [2.05, 4.69) is 5.32 Å². The van der Waals surface area contributed by atoms with Gasteiger partial charge in [-0.15, -0.1) is 11.3 Å². The summed E-state index contributed by atoms with van der Waals surface area (Å²) in [6, 6.07) is 4.87. The first kappa shape index (κ1) is 20.1. The van der Waals surface area contributed by atoms with Gasteiger partial charge in [0.1, 0.15) is 6.17 Å². The third kappa shape index (κ3) is 4.80. The SMILES string of the molecule is CN1CC[C@@H](Nc2cccc3c(CC(F)(F)F)c(/C=C/CN)sc23)[C@@H](F)C1. The van der Waals surface area contributed by atoms with Gasteiger partial charge in [0.05, 0.1) is 22.8 Å². The minimum atomic E-state index is -4.30. The second kappa shape index (κ2) is 8.16. The van der Waals surface area contributed by atoms with Gasteiger partial charge in [0.15, 0.2) is 0 Å². The maximum absolute atomic E-state index is 14.4. The molecule has 1 aliphatic heterocycles. The summed E-state index contributed by atoms with van der Waals surface area (Å²) in [6.07, 6.45) is -2.39. The van der Waals surface area contributed by atoms with Gasteiger partial charge < -0.3 is 16.0 Å². The zero-order chi connectivity index (χ0) is 19.6. The predicted octanol–water partition coefficient (Wildman–Crippen LogP) is 4.43. The topological polar surface area (TPSA) is 41.3 Å². The number of benzene rings is 1. The maximum Gasteiger partial charge on any atom is 0.393 e. The number of likely N-dealkylation sites (tertiary alicyclic amines) is 1. The van der Waals surface area contributed by atoms with Crippen molar-refractivity contribution in [1.82, 2.24) is 4.90 Å². The van der Waals surface area contributed by atoms with Crippen LogP contribution in [0.15, 0.2) is 24.3 Å². The smallest absolute Gasteiger partial charge is 0.378 e. The lowest BCUT2D eigenvalue weighted by molar-refractivity contribution is -0.126. The van der Waals surface area contributed by atoms with Crippen LogP contribution in [-0.2, 0) is 6.42 Å². The fourth-order valence-electron chi connectivity index (χ4n) is 3.41. The average molecular weight is 401 g/mol. The molecule has 0 bridgehead atoms. The van der Waals surface area contributed by atoms with Gasteiger partial charge in [0, 0.05) is 24.5 Å². The molecule has 2 atom stereocenters. The van der Waals surface area contributed by atoms with Gasteiger partial charge in [-0.2, -0.15) is 13.2 Å². The predicted molar refractivity (Wildman–Crippen MR) is 104 cm³/mol. The van der Waals surface area contributed by atoms with Crippen LogP contribution >= 0.6 is 11.3 Å². The summed E-state index contributed by atoms with van der Waals surface area (Å²) >= 11 is 1.28. The van der Waals surface area contributed by atoms with E-state index in [4.69, 9.17) is 5.73 Å². The Kier molecular flexibility index (Phi) is 6.08. The Morgan fingerprint density at radius 1 is 1.37 bits per heavy atom. The molecule has 0 amide bonds. The second-order valence-corrected chi connectivity index (χ2v) is 7.93. The molecule has 1 saturated heterocycles. The Balaban J connectivity index is 1.98. The zero-order valence-electron chi connectivity index (χ0n) is 15.0. The van der Waals surface area contributed by atoms with E-state index in [0.29, 0.717) is 28.9 Å². The fraction of sp³-hybridized carbons (Fsp3) is 0.474. The molecule has 1 fully saturated rings. The number of hydrogen-bond acceptors (Lipinski definition) is 4. The highest BCUT2D eigenvalue weighted by molar-refractivity contribution is 7.20. The Morgan fingerprint density at radius 2 is 2.15 bits per heavy atom. The first-order valence-corrected chi connectivity index (χ1v) is 9.67. The number of alkyl halides is 4. The summed E-state index contributed by atoms with van der Waals surface area (Å²) in [5.74, 6) is 0. The number of anilines is 1. The van der Waals surface area contributed by atoms with Crippen LogP contribution in [0.4, 0.5) is 23.2 Å². The van der Waals surface area contributed by atoms with Crippen molar-refractivity contribution >= 4 is 33.2 Å². The van der Waals surface area contributed by atoms with Gasteiger partial charge in [-0.3, -0.25) is 0 Å². The van der Waals surface area contributed by atoms with Crippen LogP contribution in [0, 0.1) is 0 Å². The van der Waals surface area contributed by atoms with Crippen LogP contribution in [0.25, 0.3) is 16.2 Å². The molecule has 27 heavy (non-hydrogen) atoms. The van der Waals surface area contributed by atoms with Crippen LogP contribution < -0.4 is 11.1 Å². The third-order valence-corrected chi connectivity index (χ3v) is 5.96. The highest BCUT2D eigenvalue weighted by Crippen LogP contribution is 2.40. The first-order chi connectivity index (χ1) is 12.8. The van der Waals surface area contributed by atoms with Crippen LogP contribution in [-0.4, -0.2) is 50.0 Å². The van der Waals surface area contributed by atoms with E-state index in [-0.39, 0.29) is 18.2 Å². The number of hydrogen-bond donors (Lipinski definition) is 2. The fourth-order valence-corrected chi connectivity index (χ4v) is 4.64. The summed E-state index contributed by atoms with van der Waals surface area (Å²) in [6.45, 7) is 1.38. The molecule has 3 nitrogen and oxygen atoms in total. The number of halogens is 4. The minimum absolute atomic E-state index is 0.246. The molecule has 3 rings (SSSR count). The van der Waals surface area contributed by atoms with Crippen LogP contribution in [0.1, 0.15) is 16.9 Å². The lowest BCUT2D eigenvalue weighted by atomic mass is 10.0. The Morgan fingerprint density at radius 3 is 2.81 bits per heavy atom. The molecule has 8 heteroatoms. The Bertz CT molecular complexity index is 815. The van der Waals surface area contributed by atoms with Crippen molar-refractivity contribution in [3.63, 3.8) is 0 Å². The molecule has 1 aromatic heterocycles. The molecule has 3 N–H and O–H groups in total. The molecule has 2 heterocycles. The van der Waals surface area contributed by atoms with Crippen LogP contribution in [0.3, 0.4) is 0 Å². The Hall–Kier alpha value is -1.64. The number of rotatable bonds is 5. The van der Waals surface area contributed by atoms with Gasteiger partial charge in [-0.1, -0.05) is 18.2 Å². The monoisotopic (exact) mass is 401 g/mol. The van der Waals surface area contributed by atoms with Crippen molar-refractivity contribution in [3.8, 4) is 0 Å². The summed E-state index contributed by atoms with van der Waals surface area (Å²) in [5.41, 5.74) is 6.40. The molecular formula is C19H23F4N3S. The molecule has 1 aromatic carbocycles. The molecule has 1 aliphatic rings. The normalized spacial score (nSPS) is 22.0. The lowest BCUT2D eigenvalue weighted by Gasteiger charge is -2.33. The van der Waals surface area contributed by atoms with Gasteiger partial charge >= 0.3 is 6.18 Å². The Labute approximate surface area is 159 Å². The van der Waals surface area contributed by atoms with Crippen molar-refractivity contribution in [2.24, 2.45) is 5.73 Å². The summed E-state index contributed by atoms with van der Waals surface area (Å²) in [4.78, 5) is 2.48. The van der Waals surface area contributed by atoms with Gasteiger partial charge in [-0.05, 0) is 36.6 Å². The van der Waals surface area contributed by atoms with Gasteiger partial charge in [-0.25, -0.2) is 4.39 Å². The summed E-state index contributed by atoms with van der Waals surface area (Å²) in [7, 11) is 1.88. The largest absolute Gasteiger partial charge is 0.393 e. The highest BCUT2D eigenvalue weighted by atomic mass is 32.1. The van der Waals surface area contributed by atoms with E-state index in [1.807, 2.05) is 11.9 Å². The van der Waals surface area contributed by atoms with Crippen molar-refractivity contribution in [2.45, 2.75) is 31.2 Å². The quantitative estimate of drug-likeness (QED) is 0.729. The van der Waals surface area contributed by atoms with E-state index in [0.717, 1.165) is 11.2 Å². The van der Waals surface area contributed by atoms with Gasteiger partial charge in [0.2, 0.25) is 0 Å². The maximum atomic E-state index is 14.4. The second-order valence-electron chi connectivity index (χ2n) is 6.87. The number of fused-ring (bicyclic) bond motifs is 1. The van der Waals surface area contributed by atoms with E-state index in [9.17, 15) is 17.6 Å². The number of thiophene rings is 1. The van der Waals surface area contributed by atoms with E-state index in [1.165, 1.54) is 11.3 Å². The van der Waals surface area contributed by atoms with Crippen molar-refractivity contribution in [3.05, 3.63) is 34.7 Å². The van der Waals surface area contributed by atoms with Crippen molar-refractivity contribution in [1.29, 1.82) is 0 Å². The van der Waals surface area contributed by atoms with E-state index in [1.54, 1.807) is 30.4 Å². The number of nitrogens with two attached hydrogens (primary N) is 1. The molecule has 2 aromatic rings. The zero-order valence-corrected chi connectivity index (χ0v) is 15.8. The number of piperidine rings is 1. The average Bonchev–Trinajstić information content (AvgIpc) is 2.92. The molecule has 0 aliphatic carbocycles. The third-order valence-electron chi connectivity index (χ3n) is 4.72. The van der Waals surface area contributed by atoms with Crippen molar-refractivity contribution in [2.75, 3.05) is 32.0 Å². The number of nitrogens with one attached hydrogen (secondary N) is 1. The van der Waals surface area contributed by atoms with Crippen molar-refractivity contribution < 1.29 is 17.6 Å². The molecule has 0 saturated carbocycles. The lowest BCUT2D eigenvalue weighted by Crippen LogP contribution is -2.46. The first-order valence-electron chi connectivity index (χ1n) is 8.85. The highest BCUT2D eigenvalue weighted by Gasteiger charge is 2.32. The molecule has 148 valence electrons. The molecular weight excluding hydrogens is 378 g/mol. The molecule has 0 radical (unpaired) electrons. The van der Waals surface area contributed by atoms with Crippen LogP contribution in [0.5, 0.6) is 0 Å². The number of nitrogens with zero attached hydrogens (tertiary/aromatic N) is 1.